The average molecular weight is 296 g/mol. The van der Waals surface area contributed by atoms with Gasteiger partial charge in [0.1, 0.15) is 12.4 Å². The van der Waals surface area contributed by atoms with Crippen LogP contribution in [0.5, 0.6) is 5.75 Å². The van der Waals surface area contributed by atoms with Gasteiger partial charge in [-0.3, -0.25) is 0 Å². The molecule has 0 saturated carbocycles. The van der Waals surface area contributed by atoms with Gasteiger partial charge in [0.2, 0.25) is 0 Å². The van der Waals surface area contributed by atoms with Crippen molar-refractivity contribution in [2.24, 2.45) is 0 Å². The van der Waals surface area contributed by atoms with Crippen LogP contribution in [0.2, 0.25) is 10.0 Å². The Labute approximate surface area is 123 Å². The van der Waals surface area contributed by atoms with Crippen LogP contribution in [0.1, 0.15) is 16.7 Å². The van der Waals surface area contributed by atoms with Crippen molar-refractivity contribution in [1.82, 2.24) is 0 Å². The zero-order valence-electron chi connectivity index (χ0n) is 10.8. The summed E-state index contributed by atoms with van der Waals surface area (Å²) in [5, 5.41) is 1.08. The predicted molar refractivity (Wildman–Crippen MR) is 81.1 cm³/mol. The normalized spacial score (nSPS) is 10.5. The zero-order chi connectivity index (χ0) is 14.0. The molecule has 0 aliphatic heterocycles. The number of benzene rings is 2. The van der Waals surface area contributed by atoms with Crippen LogP contribution >= 0.6 is 23.2 Å². The maximum Gasteiger partial charge on any atom is 0.125 e. The molecule has 0 saturated heterocycles. The first kappa shape index (κ1) is 14.0. The van der Waals surface area contributed by atoms with E-state index >= 15 is 0 Å². The van der Waals surface area contributed by atoms with E-state index < -0.39 is 0 Å². The number of nitrogen functional groups attached to an aromatic ring is 1. The van der Waals surface area contributed by atoms with Gasteiger partial charge in [-0.05, 0) is 54.8 Å². The fraction of sp³-hybridized carbons (Fsp3) is 0.200. The molecule has 0 atom stereocenters. The Kier molecular flexibility index (Phi) is 4.23. The largest absolute Gasteiger partial charge is 0.488 e. The van der Waals surface area contributed by atoms with Crippen LogP contribution in [-0.2, 0) is 6.61 Å². The molecule has 0 heterocycles. The van der Waals surface area contributed by atoms with E-state index in [1.54, 1.807) is 6.07 Å². The highest BCUT2D eigenvalue weighted by atomic mass is 35.5. The average Bonchev–Trinajstić information content (AvgIpc) is 2.32. The van der Waals surface area contributed by atoms with E-state index in [0.29, 0.717) is 16.7 Å². The molecule has 0 fully saturated rings. The van der Waals surface area contributed by atoms with Crippen molar-refractivity contribution in [2.45, 2.75) is 20.5 Å². The quantitative estimate of drug-likeness (QED) is 0.828. The van der Waals surface area contributed by atoms with Crippen LogP contribution in [0, 0.1) is 13.8 Å². The van der Waals surface area contributed by atoms with E-state index in [0.717, 1.165) is 28.1 Å². The van der Waals surface area contributed by atoms with E-state index in [-0.39, 0.29) is 0 Å². The summed E-state index contributed by atoms with van der Waals surface area (Å²) in [4.78, 5) is 0. The Bertz CT molecular complexity index is 588. The number of halogens is 2. The summed E-state index contributed by atoms with van der Waals surface area (Å²) in [7, 11) is 0. The van der Waals surface area contributed by atoms with Crippen molar-refractivity contribution in [3.8, 4) is 5.75 Å². The molecule has 2 aromatic rings. The van der Waals surface area contributed by atoms with Gasteiger partial charge in [-0.1, -0.05) is 29.3 Å². The number of ether oxygens (including phenoxy) is 1. The fourth-order valence-corrected chi connectivity index (χ4v) is 2.32. The molecule has 0 aliphatic carbocycles. The summed E-state index contributed by atoms with van der Waals surface area (Å²) in [6.45, 7) is 4.41. The first-order valence-electron chi connectivity index (χ1n) is 5.91. The third-order valence-corrected chi connectivity index (χ3v) is 3.59. The minimum Gasteiger partial charge on any atom is -0.488 e. The molecule has 19 heavy (non-hydrogen) atoms. The number of anilines is 1. The molecule has 100 valence electrons. The Hall–Kier alpha value is -1.38. The van der Waals surface area contributed by atoms with Gasteiger partial charge >= 0.3 is 0 Å². The van der Waals surface area contributed by atoms with E-state index in [2.05, 4.69) is 0 Å². The summed E-state index contributed by atoms with van der Waals surface area (Å²) in [5.41, 5.74) is 9.56. The SMILES string of the molecule is Cc1cc(N)cc(C)c1OCc1ccc(Cl)c(Cl)c1. The molecule has 0 amide bonds. The number of hydrogen-bond donors (Lipinski definition) is 1. The van der Waals surface area contributed by atoms with E-state index in [1.165, 1.54) is 0 Å². The summed E-state index contributed by atoms with van der Waals surface area (Å²) in [6.07, 6.45) is 0. The molecule has 0 bridgehead atoms. The molecule has 0 aliphatic rings. The van der Waals surface area contributed by atoms with Gasteiger partial charge < -0.3 is 10.5 Å². The van der Waals surface area contributed by atoms with Gasteiger partial charge in [0.15, 0.2) is 0 Å². The van der Waals surface area contributed by atoms with Crippen LogP contribution in [0.3, 0.4) is 0 Å². The van der Waals surface area contributed by atoms with Gasteiger partial charge in [-0.2, -0.15) is 0 Å². The molecule has 0 aromatic heterocycles. The van der Waals surface area contributed by atoms with E-state index in [4.69, 9.17) is 33.7 Å². The standard InChI is InChI=1S/C15H15Cl2NO/c1-9-5-12(18)6-10(2)15(9)19-8-11-3-4-13(16)14(17)7-11/h3-7H,8,18H2,1-2H3. The first-order chi connectivity index (χ1) is 8.97. The van der Waals surface area contributed by atoms with E-state index in [9.17, 15) is 0 Å². The van der Waals surface area contributed by atoms with Crippen LogP contribution in [-0.4, -0.2) is 0 Å². The monoisotopic (exact) mass is 295 g/mol. The Balaban J connectivity index is 2.16. The molecular formula is C15H15Cl2NO. The van der Waals surface area contributed by atoms with Crippen molar-refractivity contribution in [3.05, 3.63) is 57.1 Å². The number of hydrogen-bond acceptors (Lipinski definition) is 2. The second-order valence-corrected chi connectivity index (χ2v) is 5.34. The molecule has 2 aromatic carbocycles. The first-order valence-corrected chi connectivity index (χ1v) is 6.66. The third-order valence-electron chi connectivity index (χ3n) is 2.85. The lowest BCUT2D eigenvalue weighted by Gasteiger charge is -2.13. The minimum absolute atomic E-state index is 0.447. The van der Waals surface area contributed by atoms with Crippen molar-refractivity contribution in [1.29, 1.82) is 0 Å². The smallest absolute Gasteiger partial charge is 0.125 e. The summed E-state index contributed by atoms with van der Waals surface area (Å²) >= 11 is 11.9. The number of aryl methyl sites for hydroxylation is 2. The molecular weight excluding hydrogens is 281 g/mol. The lowest BCUT2D eigenvalue weighted by atomic mass is 10.1. The van der Waals surface area contributed by atoms with Crippen molar-refractivity contribution < 1.29 is 4.74 Å². The van der Waals surface area contributed by atoms with Crippen molar-refractivity contribution in [3.63, 3.8) is 0 Å². The van der Waals surface area contributed by atoms with Crippen LogP contribution in [0.25, 0.3) is 0 Å². The van der Waals surface area contributed by atoms with Gasteiger partial charge in [-0.25, -0.2) is 0 Å². The molecule has 4 heteroatoms. The maximum absolute atomic E-state index is 5.97. The second-order valence-electron chi connectivity index (χ2n) is 4.52. The van der Waals surface area contributed by atoms with Crippen molar-refractivity contribution in [2.75, 3.05) is 5.73 Å². The third kappa shape index (κ3) is 3.34. The highest BCUT2D eigenvalue weighted by Gasteiger charge is 2.06. The Morgan fingerprint density at radius 1 is 1.00 bits per heavy atom. The maximum atomic E-state index is 5.97. The Morgan fingerprint density at radius 2 is 1.63 bits per heavy atom. The molecule has 0 radical (unpaired) electrons. The summed E-state index contributed by atoms with van der Waals surface area (Å²) in [5.74, 6) is 0.861. The molecule has 2 rings (SSSR count). The summed E-state index contributed by atoms with van der Waals surface area (Å²) < 4.78 is 5.85. The van der Waals surface area contributed by atoms with Gasteiger partial charge in [0, 0.05) is 5.69 Å². The topological polar surface area (TPSA) is 35.2 Å². The van der Waals surface area contributed by atoms with Crippen LogP contribution in [0.4, 0.5) is 5.69 Å². The Morgan fingerprint density at radius 3 is 2.21 bits per heavy atom. The van der Waals surface area contributed by atoms with Gasteiger partial charge in [0.25, 0.3) is 0 Å². The summed E-state index contributed by atoms with van der Waals surface area (Å²) in [6, 6.07) is 9.28. The lowest BCUT2D eigenvalue weighted by Crippen LogP contribution is -2.00. The van der Waals surface area contributed by atoms with Gasteiger partial charge in [0.05, 0.1) is 10.0 Å². The highest BCUT2D eigenvalue weighted by molar-refractivity contribution is 6.42. The highest BCUT2D eigenvalue weighted by Crippen LogP contribution is 2.28. The molecule has 0 unspecified atom stereocenters. The minimum atomic E-state index is 0.447. The van der Waals surface area contributed by atoms with Crippen LogP contribution < -0.4 is 10.5 Å². The molecule has 0 spiro atoms. The number of rotatable bonds is 3. The second kappa shape index (κ2) is 5.72. The van der Waals surface area contributed by atoms with Crippen molar-refractivity contribution >= 4 is 28.9 Å². The number of nitrogens with two attached hydrogens (primary N) is 1. The lowest BCUT2D eigenvalue weighted by molar-refractivity contribution is 0.302. The molecule has 2 nitrogen and oxygen atoms in total. The molecule has 2 N–H and O–H groups in total. The van der Waals surface area contributed by atoms with Gasteiger partial charge in [-0.15, -0.1) is 0 Å². The predicted octanol–water partition coefficient (Wildman–Crippen LogP) is 4.77. The zero-order valence-corrected chi connectivity index (χ0v) is 12.3. The van der Waals surface area contributed by atoms with E-state index in [1.807, 2.05) is 38.1 Å². The van der Waals surface area contributed by atoms with Crippen LogP contribution in [0.15, 0.2) is 30.3 Å². The fourth-order valence-electron chi connectivity index (χ4n) is 2.00.